The van der Waals surface area contributed by atoms with Gasteiger partial charge in [0.2, 0.25) is 0 Å². The number of nitrogens with one attached hydrogen (secondary N) is 2. The van der Waals surface area contributed by atoms with Gasteiger partial charge in [-0.1, -0.05) is 17.7 Å². The molecule has 1 saturated carbocycles. The number of carboxylic acids is 1. The molecule has 19 heavy (non-hydrogen) atoms. The van der Waals surface area contributed by atoms with Gasteiger partial charge in [0.25, 0.3) is 0 Å². The zero-order valence-electron chi connectivity index (χ0n) is 10.2. The highest BCUT2D eigenvalue weighted by molar-refractivity contribution is 6.30. The Kier molecular flexibility index (Phi) is 4.27. The SMILES string of the molecule is O=C(Nc1cccc(Cl)c1)N[C@H]1CC[C@@H](C(=O)O)C1. The normalized spacial score (nSPS) is 21.9. The monoisotopic (exact) mass is 282 g/mol. The lowest BCUT2D eigenvalue weighted by molar-refractivity contribution is -0.141. The van der Waals surface area contributed by atoms with E-state index in [9.17, 15) is 9.59 Å². The van der Waals surface area contributed by atoms with Crippen LogP contribution in [-0.2, 0) is 4.79 Å². The third-order valence-electron chi connectivity index (χ3n) is 3.20. The maximum atomic E-state index is 11.7. The molecule has 102 valence electrons. The van der Waals surface area contributed by atoms with Gasteiger partial charge in [-0.3, -0.25) is 4.79 Å². The van der Waals surface area contributed by atoms with Gasteiger partial charge < -0.3 is 15.7 Å². The number of amides is 2. The van der Waals surface area contributed by atoms with E-state index < -0.39 is 5.97 Å². The quantitative estimate of drug-likeness (QED) is 0.797. The Morgan fingerprint density at radius 3 is 2.74 bits per heavy atom. The molecular weight excluding hydrogens is 268 g/mol. The zero-order valence-corrected chi connectivity index (χ0v) is 11.0. The Labute approximate surface area is 116 Å². The molecule has 1 aromatic rings. The van der Waals surface area contributed by atoms with Crippen LogP contribution in [0.15, 0.2) is 24.3 Å². The highest BCUT2D eigenvalue weighted by atomic mass is 35.5. The summed E-state index contributed by atoms with van der Waals surface area (Å²) >= 11 is 5.82. The number of urea groups is 1. The van der Waals surface area contributed by atoms with Crippen molar-refractivity contribution >= 4 is 29.3 Å². The number of carbonyl (C=O) groups excluding carboxylic acids is 1. The number of hydrogen-bond acceptors (Lipinski definition) is 2. The van der Waals surface area contributed by atoms with Crippen molar-refractivity contribution < 1.29 is 14.7 Å². The smallest absolute Gasteiger partial charge is 0.319 e. The molecule has 0 aromatic heterocycles. The molecule has 0 unspecified atom stereocenters. The Hall–Kier alpha value is -1.75. The van der Waals surface area contributed by atoms with Crippen molar-refractivity contribution in [1.82, 2.24) is 5.32 Å². The summed E-state index contributed by atoms with van der Waals surface area (Å²) in [5.74, 6) is -1.14. The zero-order chi connectivity index (χ0) is 13.8. The van der Waals surface area contributed by atoms with Crippen LogP contribution >= 0.6 is 11.6 Å². The molecule has 1 fully saturated rings. The average Bonchev–Trinajstić information content (AvgIpc) is 2.77. The summed E-state index contributed by atoms with van der Waals surface area (Å²) in [4.78, 5) is 22.6. The summed E-state index contributed by atoms with van der Waals surface area (Å²) in [6.07, 6.45) is 1.79. The van der Waals surface area contributed by atoms with Crippen LogP contribution in [0.1, 0.15) is 19.3 Å². The first-order valence-electron chi connectivity index (χ1n) is 6.10. The Balaban J connectivity index is 1.84. The number of anilines is 1. The van der Waals surface area contributed by atoms with E-state index in [0.29, 0.717) is 30.0 Å². The molecule has 5 nitrogen and oxygen atoms in total. The van der Waals surface area contributed by atoms with Gasteiger partial charge in [0, 0.05) is 16.8 Å². The first-order valence-corrected chi connectivity index (χ1v) is 6.48. The molecule has 1 aliphatic carbocycles. The number of carbonyl (C=O) groups is 2. The molecular formula is C13H15ClN2O3. The summed E-state index contributed by atoms with van der Waals surface area (Å²) in [5.41, 5.74) is 0.609. The van der Waals surface area contributed by atoms with Crippen LogP contribution in [-0.4, -0.2) is 23.1 Å². The second-order valence-corrected chi connectivity index (χ2v) is 5.09. The standard InChI is InChI=1S/C13H15ClN2O3/c14-9-2-1-3-10(7-9)15-13(19)16-11-5-4-8(6-11)12(17)18/h1-3,7-8,11H,4-6H2,(H,17,18)(H2,15,16,19)/t8-,11+/m1/s1. The van der Waals surface area contributed by atoms with Crippen LogP contribution in [0.4, 0.5) is 10.5 Å². The van der Waals surface area contributed by atoms with Crippen molar-refractivity contribution in [2.45, 2.75) is 25.3 Å². The summed E-state index contributed by atoms with van der Waals surface area (Å²) in [6, 6.07) is 6.43. The molecule has 0 aliphatic heterocycles. The third kappa shape index (κ3) is 3.86. The van der Waals surface area contributed by atoms with E-state index in [1.165, 1.54) is 0 Å². The lowest BCUT2D eigenvalue weighted by Crippen LogP contribution is -2.36. The highest BCUT2D eigenvalue weighted by Crippen LogP contribution is 2.25. The first kappa shape index (κ1) is 13.7. The van der Waals surface area contributed by atoms with Gasteiger partial charge >= 0.3 is 12.0 Å². The maximum Gasteiger partial charge on any atom is 0.319 e. The van der Waals surface area contributed by atoms with Gasteiger partial charge in [0.1, 0.15) is 0 Å². The molecule has 1 aliphatic rings. The minimum atomic E-state index is -0.792. The minimum absolute atomic E-state index is 0.0831. The lowest BCUT2D eigenvalue weighted by Gasteiger charge is -2.13. The van der Waals surface area contributed by atoms with E-state index >= 15 is 0 Å². The summed E-state index contributed by atoms with van der Waals surface area (Å²) < 4.78 is 0. The molecule has 0 bridgehead atoms. The minimum Gasteiger partial charge on any atom is -0.481 e. The van der Waals surface area contributed by atoms with Crippen LogP contribution in [0, 0.1) is 5.92 Å². The van der Waals surface area contributed by atoms with Crippen molar-refractivity contribution in [2.24, 2.45) is 5.92 Å². The fraction of sp³-hybridized carbons (Fsp3) is 0.385. The van der Waals surface area contributed by atoms with Crippen molar-refractivity contribution in [3.63, 3.8) is 0 Å². The number of hydrogen-bond donors (Lipinski definition) is 3. The molecule has 0 spiro atoms. The summed E-state index contributed by atoms with van der Waals surface area (Å²) in [7, 11) is 0. The molecule has 2 atom stereocenters. The second kappa shape index (κ2) is 5.93. The molecule has 0 radical (unpaired) electrons. The van der Waals surface area contributed by atoms with Gasteiger partial charge in [-0.2, -0.15) is 0 Å². The van der Waals surface area contributed by atoms with E-state index in [0.717, 1.165) is 0 Å². The van der Waals surface area contributed by atoms with E-state index in [1.54, 1.807) is 24.3 Å². The first-order chi connectivity index (χ1) is 9.04. The van der Waals surface area contributed by atoms with E-state index in [1.807, 2.05) is 0 Å². The Morgan fingerprint density at radius 1 is 1.32 bits per heavy atom. The second-order valence-electron chi connectivity index (χ2n) is 4.65. The number of benzene rings is 1. The van der Waals surface area contributed by atoms with Crippen molar-refractivity contribution in [3.05, 3.63) is 29.3 Å². The lowest BCUT2D eigenvalue weighted by atomic mass is 10.1. The Bertz CT molecular complexity index is 493. The molecule has 1 aromatic carbocycles. The van der Waals surface area contributed by atoms with E-state index in [4.69, 9.17) is 16.7 Å². The van der Waals surface area contributed by atoms with Crippen LogP contribution in [0.25, 0.3) is 0 Å². The molecule has 0 heterocycles. The summed E-state index contributed by atoms with van der Waals surface area (Å²) in [6.45, 7) is 0. The van der Waals surface area contributed by atoms with Crippen molar-refractivity contribution in [1.29, 1.82) is 0 Å². The number of halogens is 1. The third-order valence-corrected chi connectivity index (χ3v) is 3.43. The largest absolute Gasteiger partial charge is 0.481 e. The maximum absolute atomic E-state index is 11.7. The van der Waals surface area contributed by atoms with E-state index in [2.05, 4.69) is 10.6 Å². The Morgan fingerprint density at radius 2 is 2.11 bits per heavy atom. The van der Waals surface area contributed by atoms with Crippen LogP contribution in [0.5, 0.6) is 0 Å². The van der Waals surface area contributed by atoms with E-state index in [-0.39, 0.29) is 18.0 Å². The predicted molar refractivity (Wildman–Crippen MR) is 72.4 cm³/mol. The van der Waals surface area contributed by atoms with Gasteiger partial charge in [-0.15, -0.1) is 0 Å². The molecule has 6 heteroatoms. The van der Waals surface area contributed by atoms with Crippen LogP contribution < -0.4 is 10.6 Å². The van der Waals surface area contributed by atoms with Gasteiger partial charge in [0.15, 0.2) is 0 Å². The average molecular weight is 283 g/mol. The number of carboxylic acid groups (broad SMARTS) is 1. The summed E-state index contributed by atoms with van der Waals surface area (Å²) in [5, 5.41) is 14.9. The van der Waals surface area contributed by atoms with Gasteiger partial charge in [0.05, 0.1) is 5.92 Å². The highest BCUT2D eigenvalue weighted by Gasteiger charge is 2.30. The molecule has 2 amide bonds. The van der Waals surface area contributed by atoms with Gasteiger partial charge in [-0.25, -0.2) is 4.79 Å². The predicted octanol–water partition coefficient (Wildman–Crippen LogP) is 2.71. The molecule has 2 rings (SSSR count). The fourth-order valence-corrected chi connectivity index (χ4v) is 2.45. The van der Waals surface area contributed by atoms with Crippen LogP contribution in [0.2, 0.25) is 5.02 Å². The van der Waals surface area contributed by atoms with Crippen molar-refractivity contribution in [2.75, 3.05) is 5.32 Å². The van der Waals surface area contributed by atoms with Crippen molar-refractivity contribution in [3.8, 4) is 0 Å². The van der Waals surface area contributed by atoms with Crippen LogP contribution in [0.3, 0.4) is 0 Å². The number of rotatable bonds is 3. The molecule has 3 N–H and O–H groups in total. The number of aliphatic carboxylic acids is 1. The van der Waals surface area contributed by atoms with Gasteiger partial charge in [-0.05, 0) is 37.5 Å². The molecule has 0 saturated heterocycles. The fourth-order valence-electron chi connectivity index (χ4n) is 2.26. The topological polar surface area (TPSA) is 78.4 Å².